The number of nitrogens with zero attached hydrogens (tertiary/aromatic N) is 1. The average molecular weight is 256 g/mol. The molecule has 0 aliphatic carbocycles. The number of nitrogens with one attached hydrogen (secondary N) is 1. The highest BCUT2D eigenvalue weighted by Gasteiger charge is 2.29. The van der Waals surface area contributed by atoms with Gasteiger partial charge >= 0.3 is 6.09 Å². The highest BCUT2D eigenvalue weighted by molar-refractivity contribution is 5.68. The van der Waals surface area contributed by atoms with Crippen molar-refractivity contribution < 1.29 is 9.53 Å². The fraction of sp³-hybridized carbons (Fsp3) is 0.929. The SMILES string of the molecule is CCN[C@@H](C)[C@@H]1CCCN(C(=O)OC(C)(C)C)C1. The first-order valence-electron chi connectivity index (χ1n) is 7.04. The maximum absolute atomic E-state index is 12.0. The molecule has 1 heterocycles. The number of carbonyl (C=O) groups is 1. The van der Waals surface area contributed by atoms with Crippen molar-refractivity contribution in [2.24, 2.45) is 5.92 Å². The molecule has 106 valence electrons. The Kier molecular flexibility index (Phi) is 5.45. The lowest BCUT2D eigenvalue weighted by molar-refractivity contribution is 0.0149. The van der Waals surface area contributed by atoms with Gasteiger partial charge < -0.3 is 15.0 Å². The van der Waals surface area contributed by atoms with Gasteiger partial charge in [-0.2, -0.15) is 0 Å². The predicted octanol–water partition coefficient (Wildman–Crippen LogP) is 2.63. The molecule has 4 nitrogen and oxygen atoms in total. The first-order chi connectivity index (χ1) is 8.33. The summed E-state index contributed by atoms with van der Waals surface area (Å²) in [6.45, 7) is 12.7. The van der Waals surface area contributed by atoms with Gasteiger partial charge in [0.25, 0.3) is 0 Å². The lowest BCUT2D eigenvalue weighted by Gasteiger charge is -2.36. The molecule has 1 aliphatic heterocycles. The van der Waals surface area contributed by atoms with Crippen LogP contribution in [-0.4, -0.2) is 42.3 Å². The van der Waals surface area contributed by atoms with Crippen LogP contribution in [0.3, 0.4) is 0 Å². The van der Waals surface area contributed by atoms with E-state index in [2.05, 4.69) is 19.2 Å². The van der Waals surface area contributed by atoms with Crippen molar-refractivity contribution in [1.82, 2.24) is 10.2 Å². The molecule has 0 bridgehead atoms. The summed E-state index contributed by atoms with van der Waals surface area (Å²) in [6.07, 6.45) is 2.09. The van der Waals surface area contributed by atoms with E-state index in [4.69, 9.17) is 4.74 Å². The zero-order valence-corrected chi connectivity index (χ0v) is 12.5. The Balaban J connectivity index is 2.50. The van der Waals surface area contributed by atoms with Crippen molar-refractivity contribution in [1.29, 1.82) is 0 Å². The molecule has 1 fully saturated rings. The zero-order chi connectivity index (χ0) is 13.8. The Bertz CT molecular complexity index is 273. The second kappa shape index (κ2) is 6.41. The van der Waals surface area contributed by atoms with Crippen LogP contribution in [0.2, 0.25) is 0 Å². The topological polar surface area (TPSA) is 41.6 Å². The van der Waals surface area contributed by atoms with Crippen LogP contribution in [0.1, 0.15) is 47.5 Å². The minimum Gasteiger partial charge on any atom is -0.444 e. The minimum absolute atomic E-state index is 0.170. The van der Waals surface area contributed by atoms with Gasteiger partial charge in [-0.25, -0.2) is 4.79 Å². The quantitative estimate of drug-likeness (QED) is 0.844. The molecule has 0 aromatic carbocycles. The van der Waals surface area contributed by atoms with E-state index < -0.39 is 5.60 Å². The number of likely N-dealkylation sites (tertiary alicyclic amines) is 1. The number of rotatable bonds is 3. The van der Waals surface area contributed by atoms with Gasteiger partial charge in [0.2, 0.25) is 0 Å². The van der Waals surface area contributed by atoms with Gasteiger partial charge in [-0.3, -0.25) is 0 Å². The molecule has 1 aliphatic rings. The van der Waals surface area contributed by atoms with Crippen LogP contribution in [0, 0.1) is 5.92 Å². The van der Waals surface area contributed by atoms with E-state index >= 15 is 0 Å². The van der Waals surface area contributed by atoms with Gasteiger partial charge in [0.05, 0.1) is 0 Å². The molecule has 0 radical (unpaired) electrons. The summed E-state index contributed by atoms with van der Waals surface area (Å²) in [7, 11) is 0. The summed E-state index contributed by atoms with van der Waals surface area (Å²) in [5.41, 5.74) is -0.405. The Hall–Kier alpha value is -0.770. The summed E-state index contributed by atoms with van der Waals surface area (Å²) >= 11 is 0. The molecular weight excluding hydrogens is 228 g/mol. The zero-order valence-electron chi connectivity index (χ0n) is 12.5. The molecule has 0 aromatic heterocycles. The van der Waals surface area contributed by atoms with E-state index in [0.29, 0.717) is 12.0 Å². The van der Waals surface area contributed by atoms with Crippen molar-refractivity contribution >= 4 is 6.09 Å². The smallest absolute Gasteiger partial charge is 0.410 e. The average Bonchev–Trinajstić information content (AvgIpc) is 2.27. The van der Waals surface area contributed by atoms with Gasteiger partial charge in [-0.1, -0.05) is 6.92 Å². The molecule has 1 N–H and O–H groups in total. The van der Waals surface area contributed by atoms with Gasteiger partial charge in [-0.15, -0.1) is 0 Å². The second-order valence-electron chi connectivity index (χ2n) is 6.18. The van der Waals surface area contributed by atoms with Crippen LogP contribution >= 0.6 is 0 Å². The molecule has 0 aromatic rings. The van der Waals surface area contributed by atoms with Gasteiger partial charge in [0.15, 0.2) is 0 Å². The van der Waals surface area contributed by atoms with E-state index in [0.717, 1.165) is 26.1 Å². The lowest BCUT2D eigenvalue weighted by Crippen LogP contribution is -2.47. The van der Waals surface area contributed by atoms with E-state index in [1.807, 2.05) is 25.7 Å². The fourth-order valence-electron chi connectivity index (χ4n) is 2.40. The number of ether oxygens (including phenoxy) is 1. The van der Waals surface area contributed by atoms with Crippen molar-refractivity contribution in [3.05, 3.63) is 0 Å². The van der Waals surface area contributed by atoms with Crippen molar-refractivity contribution in [2.75, 3.05) is 19.6 Å². The molecule has 1 rings (SSSR count). The van der Waals surface area contributed by atoms with E-state index in [1.165, 1.54) is 6.42 Å². The standard InChI is InChI=1S/C14H28N2O2/c1-6-15-11(2)12-8-7-9-16(10-12)13(17)18-14(3,4)5/h11-12,15H,6-10H2,1-5H3/t11-,12+/m0/s1. The van der Waals surface area contributed by atoms with Crippen molar-refractivity contribution in [3.8, 4) is 0 Å². The van der Waals surface area contributed by atoms with E-state index in [9.17, 15) is 4.79 Å². The molecule has 2 atom stereocenters. The maximum Gasteiger partial charge on any atom is 0.410 e. The number of amides is 1. The Morgan fingerprint density at radius 1 is 1.50 bits per heavy atom. The monoisotopic (exact) mass is 256 g/mol. The van der Waals surface area contributed by atoms with E-state index in [1.54, 1.807) is 0 Å². The molecule has 1 saturated heterocycles. The molecule has 0 unspecified atom stereocenters. The third-order valence-corrected chi connectivity index (χ3v) is 3.34. The molecular formula is C14H28N2O2. The molecule has 1 amide bonds. The van der Waals surface area contributed by atoms with Crippen molar-refractivity contribution in [3.63, 3.8) is 0 Å². The summed E-state index contributed by atoms with van der Waals surface area (Å²) in [5, 5.41) is 3.44. The largest absolute Gasteiger partial charge is 0.444 e. The Morgan fingerprint density at radius 2 is 2.17 bits per heavy atom. The predicted molar refractivity (Wildman–Crippen MR) is 73.7 cm³/mol. The molecule has 18 heavy (non-hydrogen) atoms. The van der Waals surface area contributed by atoms with Gasteiger partial charge in [0.1, 0.15) is 5.60 Å². The minimum atomic E-state index is -0.405. The van der Waals surface area contributed by atoms with Crippen LogP contribution in [-0.2, 0) is 4.74 Å². The summed E-state index contributed by atoms with van der Waals surface area (Å²) in [6, 6.07) is 0.459. The van der Waals surface area contributed by atoms with Crippen molar-refractivity contribution in [2.45, 2.75) is 59.1 Å². The van der Waals surface area contributed by atoms with Crippen LogP contribution in [0.5, 0.6) is 0 Å². The number of hydrogen-bond acceptors (Lipinski definition) is 3. The van der Waals surface area contributed by atoms with Crippen LogP contribution in [0.4, 0.5) is 4.79 Å². The molecule has 0 saturated carbocycles. The lowest BCUT2D eigenvalue weighted by atomic mass is 9.92. The number of carbonyl (C=O) groups excluding carboxylic acids is 1. The van der Waals surface area contributed by atoms with Crippen LogP contribution < -0.4 is 5.32 Å². The second-order valence-corrected chi connectivity index (χ2v) is 6.18. The maximum atomic E-state index is 12.0. The van der Waals surface area contributed by atoms with Crippen LogP contribution in [0.25, 0.3) is 0 Å². The number of piperidine rings is 1. The Labute approximate surface area is 111 Å². The highest BCUT2D eigenvalue weighted by Crippen LogP contribution is 2.21. The third-order valence-electron chi connectivity index (χ3n) is 3.34. The number of hydrogen-bond donors (Lipinski definition) is 1. The van der Waals surface area contributed by atoms with Crippen LogP contribution in [0.15, 0.2) is 0 Å². The normalized spacial score (nSPS) is 22.7. The first kappa shape index (κ1) is 15.3. The van der Waals surface area contributed by atoms with Gasteiger partial charge in [-0.05, 0) is 53.0 Å². The third kappa shape index (κ3) is 4.84. The molecule has 4 heteroatoms. The van der Waals surface area contributed by atoms with Gasteiger partial charge in [0, 0.05) is 19.1 Å². The van der Waals surface area contributed by atoms with E-state index in [-0.39, 0.29) is 6.09 Å². The fourth-order valence-corrected chi connectivity index (χ4v) is 2.40. The highest BCUT2D eigenvalue weighted by atomic mass is 16.6. The Morgan fingerprint density at radius 3 is 2.72 bits per heavy atom. The first-order valence-corrected chi connectivity index (χ1v) is 7.04. The summed E-state index contributed by atoms with van der Waals surface area (Å²) in [4.78, 5) is 13.9. The summed E-state index contributed by atoms with van der Waals surface area (Å²) < 4.78 is 5.43. The summed E-state index contributed by atoms with van der Waals surface area (Å²) in [5.74, 6) is 0.534. The molecule has 0 spiro atoms.